The van der Waals surface area contributed by atoms with Crippen molar-refractivity contribution < 1.29 is 0 Å². The average Bonchev–Trinajstić information content (AvgIpc) is 2.92. The van der Waals surface area contributed by atoms with Crippen LogP contribution in [0.15, 0.2) is 41.5 Å². The zero-order valence-corrected chi connectivity index (χ0v) is 11.4. The van der Waals surface area contributed by atoms with Crippen LogP contribution < -0.4 is 10.6 Å². The number of nitrogens with two attached hydrogens (primary N) is 1. The Hall–Kier alpha value is -2.14. The first-order chi connectivity index (χ1) is 9.25. The van der Waals surface area contributed by atoms with Crippen LogP contribution in [0.4, 0.5) is 11.4 Å². The first-order valence-electron chi connectivity index (χ1n) is 5.96. The van der Waals surface area contributed by atoms with Gasteiger partial charge in [-0.15, -0.1) is 11.3 Å². The van der Waals surface area contributed by atoms with E-state index < -0.39 is 0 Å². The van der Waals surface area contributed by atoms with Gasteiger partial charge in [-0.1, -0.05) is 0 Å². The van der Waals surface area contributed by atoms with Crippen molar-refractivity contribution >= 4 is 33.5 Å². The molecule has 96 valence electrons. The van der Waals surface area contributed by atoms with E-state index in [0.29, 0.717) is 0 Å². The topological polar surface area (TPSA) is 55.0 Å². The number of nitrogens with zero attached hydrogens (tertiary/aromatic N) is 3. The van der Waals surface area contributed by atoms with Crippen LogP contribution in [-0.2, 0) is 6.54 Å². The van der Waals surface area contributed by atoms with Crippen LogP contribution in [0.3, 0.4) is 0 Å². The number of benzene rings is 1. The van der Waals surface area contributed by atoms with Crippen LogP contribution in [-0.4, -0.2) is 17.0 Å². The molecule has 2 heterocycles. The third kappa shape index (κ3) is 2.24. The number of hydrogen-bond donors (Lipinski definition) is 1. The highest BCUT2D eigenvalue weighted by Gasteiger charge is 2.09. The van der Waals surface area contributed by atoms with Crippen molar-refractivity contribution in [1.29, 1.82) is 0 Å². The fourth-order valence-electron chi connectivity index (χ4n) is 2.17. The molecule has 5 heteroatoms. The molecule has 19 heavy (non-hydrogen) atoms. The Morgan fingerprint density at radius 2 is 2.16 bits per heavy atom. The molecule has 0 bridgehead atoms. The van der Waals surface area contributed by atoms with Gasteiger partial charge >= 0.3 is 0 Å². The van der Waals surface area contributed by atoms with Gasteiger partial charge in [0, 0.05) is 47.0 Å². The molecule has 0 fully saturated rings. The quantitative estimate of drug-likeness (QED) is 0.743. The molecule has 4 nitrogen and oxygen atoms in total. The van der Waals surface area contributed by atoms with Gasteiger partial charge in [0.05, 0.1) is 17.7 Å². The first kappa shape index (κ1) is 11.9. The van der Waals surface area contributed by atoms with Crippen molar-refractivity contribution in [2.45, 2.75) is 6.54 Å². The SMILES string of the molecule is CN(Cc1cscn1)c1ccc(N)c2cnccc12. The van der Waals surface area contributed by atoms with Gasteiger partial charge in [0.1, 0.15) is 0 Å². The maximum absolute atomic E-state index is 5.99. The fourth-order valence-corrected chi connectivity index (χ4v) is 2.72. The first-order valence-corrected chi connectivity index (χ1v) is 6.90. The van der Waals surface area contributed by atoms with E-state index in [1.54, 1.807) is 17.5 Å². The Kier molecular flexibility index (Phi) is 3.05. The molecule has 0 amide bonds. The maximum atomic E-state index is 5.99. The largest absolute Gasteiger partial charge is 0.398 e. The summed E-state index contributed by atoms with van der Waals surface area (Å²) in [5, 5.41) is 4.18. The van der Waals surface area contributed by atoms with Crippen LogP contribution in [0.5, 0.6) is 0 Å². The summed E-state index contributed by atoms with van der Waals surface area (Å²) in [6.07, 6.45) is 3.60. The summed E-state index contributed by atoms with van der Waals surface area (Å²) in [6, 6.07) is 5.97. The van der Waals surface area contributed by atoms with Crippen molar-refractivity contribution in [1.82, 2.24) is 9.97 Å². The molecule has 0 atom stereocenters. The lowest BCUT2D eigenvalue weighted by Crippen LogP contribution is -2.17. The van der Waals surface area contributed by atoms with Crippen LogP contribution in [0.2, 0.25) is 0 Å². The zero-order chi connectivity index (χ0) is 13.2. The van der Waals surface area contributed by atoms with Gasteiger partial charge < -0.3 is 10.6 Å². The highest BCUT2D eigenvalue weighted by molar-refractivity contribution is 7.07. The minimum Gasteiger partial charge on any atom is -0.398 e. The predicted octanol–water partition coefficient (Wildman–Crippen LogP) is 2.91. The second kappa shape index (κ2) is 4.85. The Balaban J connectivity index is 2.03. The third-order valence-corrected chi connectivity index (χ3v) is 3.76. The minimum atomic E-state index is 0.758. The Labute approximate surface area is 115 Å². The number of anilines is 2. The monoisotopic (exact) mass is 270 g/mol. The third-order valence-electron chi connectivity index (χ3n) is 3.12. The van der Waals surface area contributed by atoms with Gasteiger partial charge in [0.2, 0.25) is 0 Å². The van der Waals surface area contributed by atoms with Gasteiger partial charge in [0.15, 0.2) is 0 Å². The number of rotatable bonds is 3. The van der Waals surface area contributed by atoms with E-state index in [-0.39, 0.29) is 0 Å². The summed E-state index contributed by atoms with van der Waals surface area (Å²) in [7, 11) is 2.06. The Morgan fingerprint density at radius 3 is 2.95 bits per heavy atom. The fraction of sp³-hybridized carbons (Fsp3) is 0.143. The van der Waals surface area contributed by atoms with Crippen LogP contribution in [0.25, 0.3) is 10.8 Å². The van der Waals surface area contributed by atoms with Crippen LogP contribution in [0.1, 0.15) is 5.69 Å². The van der Waals surface area contributed by atoms with Crippen molar-refractivity contribution in [3.8, 4) is 0 Å². The summed E-state index contributed by atoms with van der Waals surface area (Å²) in [6.45, 7) is 0.783. The molecule has 0 unspecified atom stereocenters. The lowest BCUT2D eigenvalue weighted by molar-refractivity contribution is 0.899. The Morgan fingerprint density at radius 1 is 1.26 bits per heavy atom. The summed E-state index contributed by atoms with van der Waals surface area (Å²) in [4.78, 5) is 10.6. The number of thiazole rings is 1. The summed E-state index contributed by atoms with van der Waals surface area (Å²) in [5.74, 6) is 0. The van der Waals surface area contributed by atoms with Crippen LogP contribution >= 0.6 is 11.3 Å². The number of nitrogen functional groups attached to an aromatic ring is 1. The number of pyridine rings is 1. The van der Waals surface area contributed by atoms with Crippen molar-refractivity contribution in [3.63, 3.8) is 0 Å². The maximum Gasteiger partial charge on any atom is 0.0795 e. The molecular formula is C14H14N4S. The standard InChI is InChI=1S/C14H14N4S/c1-18(7-10-8-19-9-17-10)14-3-2-13(15)12-6-16-5-4-11(12)14/h2-6,8-9H,7,15H2,1H3. The minimum absolute atomic E-state index is 0.758. The molecule has 0 spiro atoms. The lowest BCUT2D eigenvalue weighted by Gasteiger charge is -2.20. The molecular weight excluding hydrogens is 256 g/mol. The van der Waals surface area contributed by atoms with E-state index in [2.05, 4.69) is 27.3 Å². The van der Waals surface area contributed by atoms with E-state index in [1.165, 1.54) is 0 Å². The van der Waals surface area contributed by atoms with E-state index in [1.807, 2.05) is 29.9 Å². The highest BCUT2D eigenvalue weighted by Crippen LogP contribution is 2.30. The predicted molar refractivity (Wildman–Crippen MR) is 80.4 cm³/mol. The summed E-state index contributed by atoms with van der Waals surface area (Å²) in [5.41, 5.74) is 10.8. The molecule has 0 aliphatic carbocycles. The zero-order valence-electron chi connectivity index (χ0n) is 10.6. The molecule has 2 N–H and O–H groups in total. The summed E-state index contributed by atoms with van der Waals surface area (Å²) >= 11 is 1.62. The second-order valence-corrected chi connectivity index (χ2v) is 5.15. The molecule has 0 saturated carbocycles. The van der Waals surface area contributed by atoms with Gasteiger partial charge in [-0.3, -0.25) is 4.98 Å². The van der Waals surface area contributed by atoms with E-state index >= 15 is 0 Å². The average molecular weight is 270 g/mol. The molecule has 2 aromatic heterocycles. The number of hydrogen-bond acceptors (Lipinski definition) is 5. The van der Waals surface area contributed by atoms with Crippen molar-refractivity contribution in [2.75, 3.05) is 17.7 Å². The molecule has 1 aromatic carbocycles. The van der Waals surface area contributed by atoms with Crippen LogP contribution in [0, 0.1) is 0 Å². The number of aromatic nitrogens is 2. The highest BCUT2D eigenvalue weighted by atomic mass is 32.1. The molecule has 0 saturated heterocycles. The molecule has 0 radical (unpaired) electrons. The van der Waals surface area contributed by atoms with E-state index in [0.717, 1.165) is 34.4 Å². The summed E-state index contributed by atoms with van der Waals surface area (Å²) < 4.78 is 0. The number of fused-ring (bicyclic) bond motifs is 1. The van der Waals surface area contributed by atoms with Gasteiger partial charge in [-0.05, 0) is 18.2 Å². The van der Waals surface area contributed by atoms with Gasteiger partial charge in [-0.25, -0.2) is 4.98 Å². The smallest absolute Gasteiger partial charge is 0.0795 e. The van der Waals surface area contributed by atoms with E-state index in [9.17, 15) is 0 Å². The van der Waals surface area contributed by atoms with E-state index in [4.69, 9.17) is 5.73 Å². The molecule has 3 aromatic rings. The second-order valence-electron chi connectivity index (χ2n) is 4.43. The lowest BCUT2D eigenvalue weighted by atomic mass is 10.1. The normalized spacial score (nSPS) is 10.8. The molecule has 3 rings (SSSR count). The Bertz CT molecular complexity index is 694. The van der Waals surface area contributed by atoms with Gasteiger partial charge in [-0.2, -0.15) is 0 Å². The van der Waals surface area contributed by atoms with Crippen molar-refractivity contribution in [3.05, 3.63) is 47.2 Å². The van der Waals surface area contributed by atoms with Gasteiger partial charge in [0.25, 0.3) is 0 Å². The molecule has 0 aliphatic rings. The molecule has 0 aliphatic heterocycles. The van der Waals surface area contributed by atoms with Crippen molar-refractivity contribution in [2.24, 2.45) is 0 Å².